The maximum Gasteiger partial charge on any atom is 0.257 e. The van der Waals surface area contributed by atoms with E-state index >= 15 is 0 Å². The number of nitrogens with zero attached hydrogens (tertiary/aromatic N) is 1. The Morgan fingerprint density at radius 2 is 2.00 bits per heavy atom. The summed E-state index contributed by atoms with van der Waals surface area (Å²) in [4.78, 5) is 14.0. The molecule has 0 aliphatic carbocycles. The zero-order chi connectivity index (χ0) is 18.1. The maximum absolute atomic E-state index is 12.9. The number of carbonyl (C=O) groups excluding carboxylic acids is 1. The predicted octanol–water partition coefficient (Wildman–Crippen LogP) is 3.50. The normalized spacial score (nSPS) is 10.7. The summed E-state index contributed by atoms with van der Waals surface area (Å²) >= 11 is 5.84. The summed E-state index contributed by atoms with van der Waals surface area (Å²) < 4.78 is 18.2. The third kappa shape index (κ3) is 7.11. The molecule has 0 unspecified atom stereocenters. The van der Waals surface area contributed by atoms with E-state index in [2.05, 4.69) is 29.4 Å². The SMILES string of the molecule is CN(CCCNC(=O)COc1ccc(F)cc1Cl)Cc1ccccc1. The Hall–Kier alpha value is -2.11. The van der Waals surface area contributed by atoms with E-state index in [4.69, 9.17) is 16.3 Å². The van der Waals surface area contributed by atoms with E-state index in [1.54, 1.807) is 0 Å². The van der Waals surface area contributed by atoms with Gasteiger partial charge in [0.1, 0.15) is 11.6 Å². The van der Waals surface area contributed by atoms with Gasteiger partial charge in [0.25, 0.3) is 5.91 Å². The van der Waals surface area contributed by atoms with Gasteiger partial charge >= 0.3 is 0 Å². The highest BCUT2D eigenvalue weighted by atomic mass is 35.5. The Bertz CT molecular complexity index is 682. The molecule has 0 saturated heterocycles. The second-order valence-electron chi connectivity index (χ2n) is 5.79. The number of halogens is 2. The molecular formula is C19H22ClFN2O2. The second kappa shape index (κ2) is 10.0. The average molecular weight is 365 g/mol. The molecule has 0 spiro atoms. The quantitative estimate of drug-likeness (QED) is 0.692. The van der Waals surface area contributed by atoms with E-state index in [-0.39, 0.29) is 17.5 Å². The zero-order valence-corrected chi connectivity index (χ0v) is 14.9. The maximum atomic E-state index is 12.9. The van der Waals surface area contributed by atoms with Crippen LogP contribution < -0.4 is 10.1 Å². The van der Waals surface area contributed by atoms with Crippen molar-refractivity contribution < 1.29 is 13.9 Å². The van der Waals surface area contributed by atoms with Crippen LogP contribution in [-0.4, -0.2) is 37.6 Å². The molecule has 0 aliphatic heterocycles. The van der Waals surface area contributed by atoms with Crippen LogP contribution in [0, 0.1) is 5.82 Å². The number of hydrogen-bond donors (Lipinski definition) is 1. The molecule has 25 heavy (non-hydrogen) atoms. The first-order valence-corrected chi connectivity index (χ1v) is 8.49. The first kappa shape index (κ1) is 19.2. The van der Waals surface area contributed by atoms with E-state index in [9.17, 15) is 9.18 Å². The van der Waals surface area contributed by atoms with Crippen molar-refractivity contribution in [2.75, 3.05) is 26.7 Å². The van der Waals surface area contributed by atoms with Gasteiger partial charge in [-0.25, -0.2) is 4.39 Å². The number of carbonyl (C=O) groups is 1. The summed E-state index contributed by atoms with van der Waals surface area (Å²) in [5.74, 6) is -0.381. The molecule has 0 saturated carbocycles. The second-order valence-corrected chi connectivity index (χ2v) is 6.20. The summed E-state index contributed by atoms with van der Waals surface area (Å²) in [6.07, 6.45) is 0.840. The Kier molecular flexibility index (Phi) is 7.70. The Morgan fingerprint density at radius 3 is 2.72 bits per heavy atom. The molecule has 6 heteroatoms. The molecule has 0 bridgehead atoms. The van der Waals surface area contributed by atoms with Gasteiger partial charge in [-0.15, -0.1) is 0 Å². The Morgan fingerprint density at radius 1 is 1.24 bits per heavy atom. The average Bonchev–Trinajstić information content (AvgIpc) is 2.59. The van der Waals surface area contributed by atoms with Crippen LogP contribution in [0.4, 0.5) is 4.39 Å². The van der Waals surface area contributed by atoms with Crippen LogP contribution in [0.2, 0.25) is 5.02 Å². The lowest BCUT2D eigenvalue weighted by molar-refractivity contribution is -0.123. The smallest absolute Gasteiger partial charge is 0.257 e. The van der Waals surface area contributed by atoms with Crippen molar-refractivity contribution >= 4 is 17.5 Å². The van der Waals surface area contributed by atoms with Crippen LogP contribution in [0.15, 0.2) is 48.5 Å². The Labute approximate surface area is 152 Å². The summed E-state index contributed by atoms with van der Waals surface area (Å²) in [5.41, 5.74) is 1.26. The lowest BCUT2D eigenvalue weighted by Gasteiger charge is -2.16. The number of amides is 1. The molecule has 1 amide bonds. The number of rotatable bonds is 9. The van der Waals surface area contributed by atoms with Crippen LogP contribution in [0.3, 0.4) is 0 Å². The molecule has 0 fully saturated rings. The van der Waals surface area contributed by atoms with Crippen molar-refractivity contribution in [2.24, 2.45) is 0 Å². The minimum Gasteiger partial charge on any atom is -0.482 e. The lowest BCUT2D eigenvalue weighted by Crippen LogP contribution is -2.31. The topological polar surface area (TPSA) is 41.6 Å². The fourth-order valence-corrected chi connectivity index (χ4v) is 2.56. The van der Waals surface area contributed by atoms with Gasteiger partial charge in [0.15, 0.2) is 6.61 Å². The highest BCUT2D eigenvalue weighted by Crippen LogP contribution is 2.24. The van der Waals surface area contributed by atoms with Gasteiger partial charge in [-0.3, -0.25) is 4.79 Å². The van der Waals surface area contributed by atoms with Gasteiger partial charge < -0.3 is 15.0 Å². The highest BCUT2D eigenvalue weighted by Gasteiger charge is 2.07. The van der Waals surface area contributed by atoms with Crippen molar-refractivity contribution in [3.05, 3.63) is 64.9 Å². The van der Waals surface area contributed by atoms with Crippen molar-refractivity contribution in [3.63, 3.8) is 0 Å². The number of hydrogen-bond acceptors (Lipinski definition) is 3. The van der Waals surface area contributed by atoms with Gasteiger partial charge in [-0.1, -0.05) is 41.9 Å². The number of ether oxygens (including phenoxy) is 1. The molecule has 2 aromatic carbocycles. The largest absolute Gasteiger partial charge is 0.482 e. The predicted molar refractivity (Wildman–Crippen MR) is 97.3 cm³/mol. The third-order valence-electron chi connectivity index (χ3n) is 3.59. The minimum atomic E-state index is -0.443. The van der Waals surface area contributed by atoms with Crippen LogP contribution in [-0.2, 0) is 11.3 Å². The first-order chi connectivity index (χ1) is 12.0. The minimum absolute atomic E-state index is 0.148. The van der Waals surface area contributed by atoms with Crippen molar-refractivity contribution in [1.29, 1.82) is 0 Å². The standard InChI is InChI=1S/C19H22ClFN2O2/c1-23(13-15-6-3-2-4-7-15)11-5-10-22-19(24)14-25-18-9-8-16(21)12-17(18)20/h2-4,6-9,12H,5,10-11,13-14H2,1H3,(H,22,24). The highest BCUT2D eigenvalue weighted by molar-refractivity contribution is 6.32. The van der Waals surface area contributed by atoms with Crippen LogP contribution in [0.25, 0.3) is 0 Å². The van der Waals surface area contributed by atoms with E-state index in [0.29, 0.717) is 12.3 Å². The van der Waals surface area contributed by atoms with E-state index in [1.165, 1.54) is 17.7 Å². The lowest BCUT2D eigenvalue weighted by atomic mass is 10.2. The third-order valence-corrected chi connectivity index (χ3v) is 3.88. The molecule has 134 valence electrons. The molecular weight excluding hydrogens is 343 g/mol. The van der Waals surface area contributed by atoms with E-state index < -0.39 is 5.82 Å². The van der Waals surface area contributed by atoms with Gasteiger partial charge in [0.05, 0.1) is 5.02 Å². The zero-order valence-electron chi connectivity index (χ0n) is 14.2. The summed E-state index contributed by atoms with van der Waals surface area (Å²) in [6, 6.07) is 14.0. The van der Waals surface area contributed by atoms with Crippen molar-refractivity contribution in [3.8, 4) is 5.75 Å². The monoisotopic (exact) mass is 364 g/mol. The fourth-order valence-electron chi connectivity index (χ4n) is 2.34. The van der Waals surface area contributed by atoms with Crippen molar-refractivity contribution in [2.45, 2.75) is 13.0 Å². The molecule has 0 aromatic heterocycles. The summed E-state index contributed by atoms with van der Waals surface area (Å²) in [5, 5.41) is 2.94. The first-order valence-electron chi connectivity index (χ1n) is 8.11. The summed E-state index contributed by atoms with van der Waals surface area (Å²) in [6.45, 7) is 2.17. The van der Waals surface area contributed by atoms with E-state index in [0.717, 1.165) is 25.6 Å². The molecule has 0 aliphatic rings. The van der Waals surface area contributed by atoms with Gasteiger partial charge in [-0.05, 0) is 43.8 Å². The molecule has 4 nitrogen and oxygen atoms in total. The van der Waals surface area contributed by atoms with Crippen LogP contribution >= 0.6 is 11.6 Å². The van der Waals surface area contributed by atoms with Gasteiger partial charge in [-0.2, -0.15) is 0 Å². The Balaban J connectivity index is 1.60. The molecule has 1 N–H and O–H groups in total. The molecule has 2 aromatic rings. The fraction of sp³-hybridized carbons (Fsp3) is 0.316. The number of nitrogens with one attached hydrogen (secondary N) is 1. The number of benzene rings is 2. The molecule has 0 radical (unpaired) electrons. The van der Waals surface area contributed by atoms with Crippen molar-refractivity contribution in [1.82, 2.24) is 10.2 Å². The van der Waals surface area contributed by atoms with Crippen LogP contribution in [0.1, 0.15) is 12.0 Å². The van der Waals surface area contributed by atoms with Gasteiger partial charge in [0, 0.05) is 13.1 Å². The molecule has 0 atom stereocenters. The van der Waals surface area contributed by atoms with Gasteiger partial charge in [0.2, 0.25) is 0 Å². The summed E-state index contributed by atoms with van der Waals surface area (Å²) in [7, 11) is 2.05. The molecule has 2 rings (SSSR count). The van der Waals surface area contributed by atoms with Crippen LogP contribution in [0.5, 0.6) is 5.75 Å². The molecule has 0 heterocycles. The van der Waals surface area contributed by atoms with E-state index in [1.807, 2.05) is 18.2 Å².